The fourth-order valence-corrected chi connectivity index (χ4v) is 5.24. The van der Waals surface area contributed by atoms with Crippen LogP contribution in [0.25, 0.3) is 6.08 Å². The first kappa shape index (κ1) is 22.8. The molecule has 3 aliphatic rings. The summed E-state index contributed by atoms with van der Waals surface area (Å²) >= 11 is 0. The standard InChI is InChI=1S/C28H38N2O2/c1-4-29(5-2)26-11-7-22(8-12-26)19-23-9-10-24(28(23)30-14-16-32-17-15-30)20-25-18-21(3)6-13-27(25)31/h7-8,11-12,19-21H,4-6,9-10,13-18H2,1-3H3/b23-19+,25-20+/t21-/m0/s1. The van der Waals surface area contributed by atoms with E-state index in [0.717, 1.165) is 70.6 Å². The summed E-state index contributed by atoms with van der Waals surface area (Å²) < 4.78 is 5.63. The molecule has 1 atom stereocenters. The zero-order chi connectivity index (χ0) is 22.5. The van der Waals surface area contributed by atoms with Gasteiger partial charge in [-0.1, -0.05) is 25.1 Å². The molecule has 1 saturated heterocycles. The Morgan fingerprint density at radius 2 is 1.72 bits per heavy atom. The first-order chi connectivity index (χ1) is 15.6. The number of allylic oxidation sites excluding steroid dienone is 4. The molecule has 4 nitrogen and oxygen atoms in total. The molecule has 0 N–H and O–H groups in total. The smallest absolute Gasteiger partial charge is 0.158 e. The maximum Gasteiger partial charge on any atom is 0.158 e. The molecule has 0 unspecified atom stereocenters. The molecule has 1 aliphatic heterocycles. The van der Waals surface area contributed by atoms with Crippen molar-refractivity contribution in [3.8, 4) is 0 Å². The molecule has 4 rings (SSSR count). The van der Waals surface area contributed by atoms with Gasteiger partial charge in [0, 0.05) is 44.0 Å². The van der Waals surface area contributed by atoms with E-state index in [9.17, 15) is 4.79 Å². The first-order valence-electron chi connectivity index (χ1n) is 12.4. The Hall–Kier alpha value is -2.33. The van der Waals surface area contributed by atoms with Crippen molar-refractivity contribution >= 4 is 17.5 Å². The van der Waals surface area contributed by atoms with Crippen molar-refractivity contribution < 1.29 is 9.53 Å². The number of carbonyl (C=O) groups is 1. The minimum absolute atomic E-state index is 0.348. The Morgan fingerprint density at radius 3 is 2.41 bits per heavy atom. The van der Waals surface area contributed by atoms with Crippen LogP contribution in [0.1, 0.15) is 58.4 Å². The van der Waals surface area contributed by atoms with Crippen LogP contribution in [0.4, 0.5) is 5.69 Å². The maximum absolute atomic E-state index is 12.6. The number of nitrogens with zero attached hydrogens (tertiary/aromatic N) is 2. The van der Waals surface area contributed by atoms with Crippen LogP contribution in [0.2, 0.25) is 0 Å². The third-order valence-corrected chi connectivity index (χ3v) is 7.10. The second-order valence-electron chi connectivity index (χ2n) is 9.35. The zero-order valence-electron chi connectivity index (χ0n) is 20.0. The number of rotatable bonds is 6. The Kier molecular flexibility index (Phi) is 7.51. The lowest BCUT2D eigenvalue weighted by atomic mass is 9.85. The van der Waals surface area contributed by atoms with Crippen LogP contribution in [-0.4, -0.2) is 50.1 Å². The minimum atomic E-state index is 0.348. The molecule has 1 saturated carbocycles. The van der Waals surface area contributed by atoms with E-state index < -0.39 is 0 Å². The Balaban J connectivity index is 1.66. The number of Topliss-reactive ketones (excluding diaryl/α,β-unsaturated/α-hetero) is 1. The number of hydrogen-bond acceptors (Lipinski definition) is 4. The molecule has 2 aliphatic carbocycles. The lowest BCUT2D eigenvalue weighted by Crippen LogP contribution is -2.36. The fourth-order valence-electron chi connectivity index (χ4n) is 5.24. The summed E-state index contributed by atoms with van der Waals surface area (Å²) in [6.45, 7) is 12.1. The van der Waals surface area contributed by atoms with Crippen LogP contribution in [0.3, 0.4) is 0 Å². The second kappa shape index (κ2) is 10.5. The van der Waals surface area contributed by atoms with Crippen molar-refractivity contribution in [1.82, 2.24) is 4.90 Å². The molecular weight excluding hydrogens is 396 g/mol. The van der Waals surface area contributed by atoms with Gasteiger partial charge >= 0.3 is 0 Å². The number of hydrogen-bond donors (Lipinski definition) is 0. The van der Waals surface area contributed by atoms with Crippen molar-refractivity contribution in [2.75, 3.05) is 44.3 Å². The first-order valence-corrected chi connectivity index (χ1v) is 12.4. The zero-order valence-corrected chi connectivity index (χ0v) is 20.0. The predicted molar refractivity (Wildman–Crippen MR) is 133 cm³/mol. The molecule has 0 bridgehead atoms. The summed E-state index contributed by atoms with van der Waals surface area (Å²) in [5.74, 6) is 0.952. The van der Waals surface area contributed by atoms with Crippen LogP contribution in [0, 0.1) is 5.92 Å². The molecule has 2 fully saturated rings. The van der Waals surface area contributed by atoms with E-state index in [-0.39, 0.29) is 0 Å². The van der Waals surface area contributed by atoms with E-state index in [4.69, 9.17) is 4.74 Å². The van der Waals surface area contributed by atoms with Crippen LogP contribution in [0.15, 0.2) is 52.8 Å². The number of anilines is 1. The Morgan fingerprint density at radius 1 is 1.00 bits per heavy atom. The number of ether oxygens (including phenoxy) is 1. The number of carbonyl (C=O) groups excluding carboxylic acids is 1. The van der Waals surface area contributed by atoms with Crippen molar-refractivity contribution in [3.05, 3.63) is 58.3 Å². The summed E-state index contributed by atoms with van der Waals surface area (Å²) in [5, 5.41) is 0. The Bertz CT molecular complexity index is 900. The molecule has 0 amide bonds. The van der Waals surface area contributed by atoms with Gasteiger partial charge in [-0.15, -0.1) is 0 Å². The van der Waals surface area contributed by atoms with E-state index in [1.165, 1.54) is 28.1 Å². The van der Waals surface area contributed by atoms with Gasteiger partial charge in [0.05, 0.1) is 13.2 Å². The summed E-state index contributed by atoms with van der Waals surface area (Å²) in [4.78, 5) is 17.4. The van der Waals surface area contributed by atoms with Crippen LogP contribution in [-0.2, 0) is 9.53 Å². The monoisotopic (exact) mass is 434 g/mol. The lowest BCUT2D eigenvalue weighted by Gasteiger charge is -2.31. The average molecular weight is 435 g/mol. The van der Waals surface area contributed by atoms with E-state index >= 15 is 0 Å². The summed E-state index contributed by atoms with van der Waals surface area (Å²) in [7, 11) is 0. The molecule has 0 radical (unpaired) electrons. The van der Waals surface area contributed by atoms with Gasteiger partial charge in [0.15, 0.2) is 5.78 Å². The molecule has 1 aromatic carbocycles. The Labute approximate surface area is 193 Å². The molecule has 1 heterocycles. The van der Waals surface area contributed by atoms with Gasteiger partial charge in [0.1, 0.15) is 0 Å². The van der Waals surface area contributed by atoms with Gasteiger partial charge in [-0.05, 0) is 85.9 Å². The van der Waals surface area contributed by atoms with Crippen LogP contribution >= 0.6 is 0 Å². The number of ketones is 1. The molecule has 0 aromatic heterocycles. The highest BCUT2D eigenvalue weighted by Crippen LogP contribution is 2.38. The van der Waals surface area contributed by atoms with Gasteiger partial charge in [0.2, 0.25) is 0 Å². The van der Waals surface area contributed by atoms with Crippen molar-refractivity contribution in [1.29, 1.82) is 0 Å². The maximum atomic E-state index is 12.6. The molecule has 4 heteroatoms. The van der Waals surface area contributed by atoms with Crippen molar-refractivity contribution in [3.63, 3.8) is 0 Å². The molecule has 32 heavy (non-hydrogen) atoms. The highest BCUT2D eigenvalue weighted by Gasteiger charge is 2.27. The lowest BCUT2D eigenvalue weighted by molar-refractivity contribution is -0.116. The van der Waals surface area contributed by atoms with Crippen LogP contribution < -0.4 is 4.90 Å². The molecule has 0 spiro atoms. The van der Waals surface area contributed by atoms with E-state index in [2.05, 4.69) is 67.0 Å². The van der Waals surface area contributed by atoms with Gasteiger partial charge in [-0.3, -0.25) is 4.79 Å². The van der Waals surface area contributed by atoms with Crippen LogP contribution in [0.5, 0.6) is 0 Å². The van der Waals surface area contributed by atoms with Gasteiger partial charge < -0.3 is 14.5 Å². The summed E-state index contributed by atoms with van der Waals surface area (Å²) in [6.07, 6.45) is 9.30. The third kappa shape index (κ3) is 5.17. The molecule has 1 aromatic rings. The average Bonchev–Trinajstić information content (AvgIpc) is 3.20. The second-order valence-corrected chi connectivity index (χ2v) is 9.35. The van der Waals surface area contributed by atoms with Gasteiger partial charge in [-0.25, -0.2) is 0 Å². The quantitative estimate of drug-likeness (QED) is 0.545. The topological polar surface area (TPSA) is 32.8 Å². The van der Waals surface area contributed by atoms with E-state index in [1.54, 1.807) is 0 Å². The highest BCUT2D eigenvalue weighted by molar-refractivity contribution is 5.96. The SMILES string of the molecule is CCN(CC)c1ccc(/C=C2\CCC(/C=C3\C[C@@H](C)CCC3=O)=C2N2CCOCC2)cc1. The third-order valence-electron chi connectivity index (χ3n) is 7.10. The predicted octanol–water partition coefficient (Wildman–Crippen LogP) is 5.61. The number of benzene rings is 1. The van der Waals surface area contributed by atoms with Crippen molar-refractivity contribution in [2.45, 2.75) is 52.9 Å². The molecular formula is C28H38N2O2. The summed E-state index contributed by atoms with van der Waals surface area (Å²) in [6, 6.07) is 8.94. The van der Waals surface area contributed by atoms with Crippen molar-refractivity contribution in [2.24, 2.45) is 5.92 Å². The highest BCUT2D eigenvalue weighted by atomic mass is 16.5. The largest absolute Gasteiger partial charge is 0.378 e. The normalized spacial score (nSPS) is 24.7. The van der Waals surface area contributed by atoms with Gasteiger partial charge in [0.25, 0.3) is 0 Å². The van der Waals surface area contributed by atoms with E-state index in [0.29, 0.717) is 18.1 Å². The fraction of sp³-hybridized carbons (Fsp3) is 0.536. The minimum Gasteiger partial charge on any atom is -0.378 e. The van der Waals surface area contributed by atoms with Gasteiger partial charge in [-0.2, -0.15) is 0 Å². The van der Waals surface area contributed by atoms with E-state index in [1.807, 2.05) is 0 Å². The summed E-state index contributed by atoms with van der Waals surface area (Å²) in [5.41, 5.74) is 7.65. The molecule has 172 valence electrons. The number of morpholine rings is 1.